The lowest BCUT2D eigenvalue weighted by molar-refractivity contribution is 0.102. The summed E-state index contributed by atoms with van der Waals surface area (Å²) in [5.74, 6) is -1.27. The van der Waals surface area contributed by atoms with Crippen LogP contribution in [0.2, 0.25) is 0 Å². The van der Waals surface area contributed by atoms with Crippen molar-refractivity contribution in [1.29, 1.82) is 0 Å². The number of anilines is 2. The quantitative estimate of drug-likeness (QED) is 0.943. The van der Waals surface area contributed by atoms with E-state index >= 15 is 0 Å². The number of nitrogens with zero attached hydrogens (tertiary/aromatic N) is 2. The first kappa shape index (κ1) is 15.8. The Labute approximate surface area is 128 Å². The van der Waals surface area contributed by atoms with Crippen LogP contribution in [0, 0.1) is 5.82 Å². The van der Waals surface area contributed by atoms with Crippen LogP contribution in [0.1, 0.15) is 17.3 Å². The molecule has 1 amide bonds. The molecule has 0 aliphatic heterocycles. The summed E-state index contributed by atoms with van der Waals surface area (Å²) in [4.78, 5) is 25.6. The van der Waals surface area contributed by atoms with Crippen molar-refractivity contribution in [2.75, 3.05) is 24.3 Å². The van der Waals surface area contributed by atoms with Gasteiger partial charge in [0.2, 0.25) is 5.43 Å². The molecule has 5 nitrogen and oxygen atoms in total. The number of hydrogen-bond donors (Lipinski definition) is 1. The van der Waals surface area contributed by atoms with Crippen molar-refractivity contribution in [2.45, 2.75) is 13.5 Å². The van der Waals surface area contributed by atoms with Crippen molar-refractivity contribution in [3.8, 4) is 0 Å². The van der Waals surface area contributed by atoms with Crippen LogP contribution < -0.4 is 15.6 Å². The molecule has 0 saturated heterocycles. The average Bonchev–Trinajstić information content (AvgIpc) is 2.49. The van der Waals surface area contributed by atoms with E-state index in [9.17, 15) is 14.0 Å². The van der Waals surface area contributed by atoms with Gasteiger partial charge in [0.25, 0.3) is 5.91 Å². The molecule has 1 N–H and O–H groups in total. The van der Waals surface area contributed by atoms with Crippen LogP contribution in [0.15, 0.2) is 41.5 Å². The number of hydrogen-bond acceptors (Lipinski definition) is 3. The second kappa shape index (κ2) is 6.43. The van der Waals surface area contributed by atoms with Gasteiger partial charge in [0.15, 0.2) is 0 Å². The van der Waals surface area contributed by atoms with Crippen LogP contribution in [-0.2, 0) is 6.54 Å². The number of pyridine rings is 1. The summed E-state index contributed by atoms with van der Waals surface area (Å²) in [7, 11) is 3.57. The van der Waals surface area contributed by atoms with E-state index in [-0.39, 0.29) is 16.7 Å². The fourth-order valence-corrected chi connectivity index (χ4v) is 1.97. The average molecular weight is 303 g/mol. The predicted octanol–water partition coefficient (Wildman–Crippen LogP) is 2.33. The highest BCUT2D eigenvalue weighted by Gasteiger charge is 2.14. The fraction of sp³-hybridized carbons (Fsp3) is 0.250. The standard InChI is InChI=1S/C16H18FN3O2/c1-4-20-8-7-15(21)14(10-20)18-16(22)12-6-5-11(19(2)3)9-13(12)17/h5-10H,4H2,1-3H3,(H,18,22). The van der Waals surface area contributed by atoms with Gasteiger partial charge in [0, 0.05) is 44.8 Å². The molecule has 1 heterocycles. The van der Waals surface area contributed by atoms with E-state index in [4.69, 9.17) is 0 Å². The van der Waals surface area contributed by atoms with Crippen LogP contribution in [0.3, 0.4) is 0 Å². The Bertz CT molecular complexity index is 753. The van der Waals surface area contributed by atoms with E-state index in [2.05, 4.69) is 5.32 Å². The Morgan fingerprint density at radius 3 is 2.64 bits per heavy atom. The van der Waals surface area contributed by atoms with Gasteiger partial charge in [-0.15, -0.1) is 0 Å². The third kappa shape index (κ3) is 3.33. The molecule has 0 spiro atoms. The third-order valence-corrected chi connectivity index (χ3v) is 3.30. The van der Waals surface area contributed by atoms with Gasteiger partial charge < -0.3 is 14.8 Å². The first-order valence-corrected chi connectivity index (χ1v) is 6.90. The second-order valence-corrected chi connectivity index (χ2v) is 5.07. The van der Waals surface area contributed by atoms with Gasteiger partial charge in [-0.05, 0) is 25.1 Å². The minimum atomic E-state index is -0.645. The summed E-state index contributed by atoms with van der Waals surface area (Å²) in [6.07, 6.45) is 3.16. The maximum atomic E-state index is 14.0. The summed E-state index contributed by atoms with van der Waals surface area (Å²) < 4.78 is 15.8. The van der Waals surface area contributed by atoms with E-state index in [0.29, 0.717) is 12.2 Å². The third-order valence-electron chi connectivity index (χ3n) is 3.30. The molecule has 0 atom stereocenters. The Morgan fingerprint density at radius 2 is 2.05 bits per heavy atom. The largest absolute Gasteiger partial charge is 0.378 e. The summed E-state index contributed by atoms with van der Waals surface area (Å²) in [6.45, 7) is 2.57. The van der Waals surface area contributed by atoms with Gasteiger partial charge in [-0.1, -0.05) is 0 Å². The first-order valence-electron chi connectivity index (χ1n) is 6.90. The molecule has 2 aromatic rings. The monoisotopic (exact) mass is 303 g/mol. The van der Waals surface area contributed by atoms with Crippen LogP contribution in [0.25, 0.3) is 0 Å². The highest BCUT2D eigenvalue weighted by atomic mass is 19.1. The second-order valence-electron chi connectivity index (χ2n) is 5.07. The normalized spacial score (nSPS) is 10.4. The minimum absolute atomic E-state index is 0.100. The van der Waals surface area contributed by atoms with Gasteiger partial charge in [0.05, 0.1) is 5.56 Å². The van der Waals surface area contributed by atoms with Crippen molar-refractivity contribution in [2.24, 2.45) is 0 Å². The number of halogens is 1. The van der Waals surface area contributed by atoms with Crippen molar-refractivity contribution in [1.82, 2.24) is 4.57 Å². The van der Waals surface area contributed by atoms with Crippen LogP contribution in [0.5, 0.6) is 0 Å². The summed E-state index contributed by atoms with van der Waals surface area (Å²) in [5.41, 5.74) is 0.368. The number of carbonyl (C=O) groups excluding carboxylic acids is 1. The molecule has 0 saturated carbocycles. The summed E-state index contributed by atoms with van der Waals surface area (Å²) in [5, 5.41) is 2.46. The number of aromatic nitrogens is 1. The Balaban J connectivity index is 2.28. The molecule has 22 heavy (non-hydrogen) atoms. The molecular weight excluding hydrogens is 285 g/mol. The van der Waals surface area contributed by atoms with Crippen molar-refractivity contribution in [3.63, 3.8) is 0 Å². The molecule has 2 rings (SSSR count). The Hall–Kier alpha value is -2.63. The molecule has 0 bridgehead atoms. The molecule has 0 aliphatic carbocycles. The molecule has 116 valence electrons. The maximum absolute atomic E-state index is 14.0. The number of benzene rings is 1. The zero-order valence-electron chi connectivity index (χ0n) is 12.8. The van der Waals surface area contributed by atoms with E-state index in [1.807, 2.05) is 6.92 Å². The van der Waals surface area contributed by atoms with Crippen molar-refractivity contribution >= 4 is 17.3 Å². The number of carbonyl (C=O) groups is 1. The summed E-state index contributed by atoms with van der Waals surface area (Å²) >= 11 is 0. The van der Waals surface area contributed by atoms with Crippen LogP contribution in [-0.4, -0.2) is 24.6 Å². The molecule has 0 radical (unpaired) electrons. The topological polar surface area (TPSA) is 54.3 Å². The zero-order valence-corrected chi connectivity index (χ0v) is 12.8. The molecule has 1 aromatic carbocycles. The number of aryl methyl sites for hydroxylation is 1. The van der Waals surface area contributed by atoms with E-state index in [0.717, 1.165) is 0 Å². The molecule has 0 aliphatic rings. The SMILES string of the molecule is CCn1ccc(=O)c(NC(=O)c2ccc(N(C)C)cc2F)c1. The van der Waals surface area contributed by atoms with Crippen LogP contribution >= 0.6 is 0 Å². The van der Waals surface area contributed by atoms with Crippen molar-refractivity contribution < 1.29 is 9.18 Å². The maximum Gasteiger partial charge on any atom is 0.258 e. The summed E-state index contributed by atoms with van der Waals surface area (Å²) in [6, 6.07) is 5.70. The van der Waals surface area contributed by atoms with Gasteiger partial charge in [-0.2, -0.15) is 0 Å². The first-order chi connectivity index (χ1) is 10.4. The van der Waals surface area contributed by atoms with Crippen molar-refractivity contribution in [3.05, 3.63) is 58.3 Å². The minimum Gasteiger partial charge on any atom is -0.378 e. The predicted molar refractivity (Wildman–Crippen MR) is 85.1 cm³/mol. The zero-order chi connectivity index (χ0) is 16.3. The van der Waals surface area contributed by atoms with E-state index < -0.39 is 11.7 Å². The highest BCUT2D eigenvalue weighted by molar-refractivity contribution is 6.04. The Kier molecular flexibility index (Phi) is 4.60. The fourth-order valence-electron chi connectivity index (χ4n) is 1.97. The van der Waals surface area contributed by atoms with E-state index in [1.54, 1.807) is 35.8 Å². The molecule has 6 heteroatoms. The highest BCUT2D eigenvalue weighted by Crippen LogP contribution is 2.17. The molecular formula is C16H18FN3O2. The van der Waals surface area contributed by atoms with Gasteiger partial charge in [0.1, 0.15) is 11.5 Å². The Morgan fingerprint density at radius 1 is 1.32 bits per heavy atom. The van der Waals surface area contributed by atoms with E-state index in [1.165, 1.54) is 24.4 Å². The lowest BCUT2D eigenvalue weighted by atomic mass is 10.1. The molecule has 1 aromatic heterocycles. The van der Waals surface area contributed by atoms with Gasteiger partial charge in [-0.25, -0.2) is 4.39 Å². The van der Waals surface area contributed by atoms with Gasteiger partial charge in [-0.3, -0.25) is 9.59 Å². The number of nitrogens with one attached hydrogen (secondary N) is 1. The van der Waals surface area contributed by atoms with Gasteiger partial charge >= 0.3 is 0 Å². The molecule has 0 unspecified atom stereocenters. The smallest absolute Gasteiger partial charge is 0.258 e. The number of rotatable bonds is 4. The number of amides is 1. The lowest BCUT2D eigenvalue weighted by Gasteiger charge is -2.13. The molecule has 0 fully saturated rings. The lowest BCUT2D eigenvalue weighted by Crippen LogP contribution is -2.20. The van der Waals surface area contributed by atoms with Crippen LogP contribution in [0.4, 0.5) is 15.8 Å².